The average Bonchev–Trinajstić information content (AvgIpc) is 2.25. The quantitative estimate of drug-likeness (QED) is 0.793. The molecular formula is C11H14NO2. The molecule has 0 unspecified atom stereocenters. The molecule has 1 N–H and O–H groups in total. The predicted molar refractivity (Wildman–Crippen MR) is 54.6 cm³/mol. The highest BCUT2D eigenvalue weighted by Crippen LogP contribution is 2.00. The van der Waals surface area contributed by atoms with Crippen molar-refractivity contribution in [3.05, 3.63) is 42.8 Å². The molecule has 0 aliphatic carbocycles. The van der Waals surface area contributed by atoms with Crippen LogP contribution in [0, 0.1) is 6.92 Å². The number of benzene rings is 1. The van der Waals surface area contributed by atoms with Gasteiger partial charge in [0.1, 0.15) is 6.61 Å². The first kappa shape index (κ1) is 10.6. The zero-order valence-corrected chi connectivity index (χ0v) is 8.03. The van der Waals surface area contributed by atoms with Crippen LogP contribution in [0.25, 0.3) is 0 Å². The number of amides is 1. The number of carbonyl (C=O) groups is 1. The van der Waals surface area contributed by atoms with Crippen molar-refractivity contribution >= 4 is 6.09 Å². The van der Waals surface area contributed by atoms with Crippen LogP contribution >= 0.6 is 0 Å². The summed E-state index contributed by atoms with van der Waals surface area (Å²) in [6.07, 6.45) is 0.276. The molecule has 1 aromatic rings. The second-order valence-corrected chi connectivity index (χ2v) is 2.84. The lowest BCUT2D eigenvalue weighted by atomic mass is 10.2. The molecule has 3 nitrogen and oxygen atoms in total. The second-order valence-electron chi connectivity index (χ2n) is 2.84. The lowest BCUT2D eigenvalue weighted by Gasteiger charge is -2.05. The smallest absolute Gasteiger partial charge is 0.407 e. The Bertz CT molecular complexity index is 272. The maximum Gasteiger partial charge on any atom is 0.407 e. The molecule has 0 bridgehead atoms. The zero-order valence-electron chi connectivity index (χ0n) is 8.03. The molecule has 0 fully saturated rings. The standard InChI is InChI=1S/C11H14NO2/c1-2-8-12-11(13)14-9-10-6-4-3-5-7-10/h3-7H,1-2,8-9H2,(H,12,13). The summed E-state index contributed by atoms with van der Waals surface area (Å²) in [6.45, 7) is 4.46. The first-order valence-corrected chi connectivity index (χ1v) is 4.56. The molecule has 14 heavy (non-hydrogen) atoms. The van der Waals surface area contributed by atoms with E-state index >= 15 is 0 Å². The van der Waals surface area contributed by atoms with Gasteiger partial charge in [-0.1, -0.05) is 37.3 Å². The molecule has 0 saturated heterocycles. The van der Waals surface area contributed by atoms with Gasteiger partial charge in [-0.25, -0.2) is 4.79 Å². The fraction of sp³-hybridized carbons (Fsp3) is 0.273. The third kappa shape index (κ3) is 3.94. The van der Waals surface area contributed by atoms with Gasteiger partial charge >= 0.3 is 6.09 Å². The van der Waals surface area contributed by atoms with Crippen LogP contribution in [0.3, 0.4) is 0 Å². The Morgan fingerprint density at radius 3 is 2.71 bits per heavy atom. The van der Waals surface area contributed by atoms with E-state index in [-0.39, 0.29) is 0 Å². The number of alkyl carbamates (subject to hydrolysis) is 1. The summed E-state index contributed by atoms with van der Waals surface area (Å²) in [7, 11) is 0. The van der Waals surface area contributed by atoms with Crippen LogP contribution in [0.1, 0.15) is 12.0 Å². The Labute approximate surface area is 84.1 Å². The third-order valence-corrected chi connectivity index (χ3v) is 1.66. The van der Waals surface area contributed by atoms with Gasteiger partial charge in [0, 0.05) is 6.54 Å². The second kappa shape index (κ2) is 6.02. The monoisotopic (exact) mass is 192 g/mol. The molecular weight excluding hydrogens is 178 g/mol. The average molecular weight is 192 g/mol. The van der Waals surface area contributed by atoms with E-state index in [1.165, 1.54) is 0 Å². The van der Waals surface area contributed by atoms with Crippen molar-refractivity contribution in [3.8, 4) is 0 Å². The number of rotatable bonds is 4. The van der Waals surface area contributed by atoms with Crippen LogP contribution in [-0.4, -0.2) is 12.6 Å². The van der Waals surface area contributed by atoms with E-state index in [1.54, 1.807) is 0 Å². The van der Waals surface area contributed by atoms with Crippen LogP contribution < -0.4 is 5.32 Å². The van der Waals surface area contributed by atoms with E-state index < -0.39 is 6.09 Å². The summed E-state index contributed by atoms with van der Waals surface area (Å²) in [4.78, 5) is 11.0. The van der Waals surface area contributed by atoms with Gasteiger partial charge in [0.15, 0.2) is 0 Å². The maximum absolute atomic E-state index is 11.0. The molecule has 0 saturated carbocycles. The molecule has 1 aromatic carbocycles. The van der Waals surface area contributed by atoms with Gasteiger partial charge in [-0.15, -0.1) is 0 Å². The molecule has 3 heteroatoms. The van der Waals surface area contributed by atoms with Gasteiger partial charge in [0.05, 0.1) is 0 Å². The van der Waals surface area contributed by atoms with Crippen molar-refractivity contribution in [2.24, 2.45) is 0 Å². The number of carbonyl (C=O) groups excluding carboxylic acids is 1. The van der Waals surface area contributed by atoms with E-state index in [2.05, 4.69) is 12.2 Å². The molecule has 0 heterocycles. The van der Waals surface area contributed by atoms with E-state index in [0.29, 0.717) is 19.6 Å². The molecule has 1 rings (SSSR count). The van der Waals surface area contributed by atoms with Crippen LogP contribution in [0.4, 0.5) is 4.79 Å². The van der Waals surface area contributed by atoms with Gasteiger partial charge < -0.3 is 10.1 Å². The highest BCUT2D eigenvalue weighted by Gasteiger charge is 1.99. The summed E-state index contributed by atoms with van der Waals surface area (Å²) in [5.41, 5.74) is 0.984. The SMILES string of the molecule is [CH2]CCNC(=O)OCc1ccccc1. The van der Waals surface area contributed by atoms with Crippen molar-refractivity contribution < 1.29 is 9.53 Å². The minimum Gasteiger partial charge on any atom is -0.445 e. The minimum atomic E-state index is -0.391. The molecule has 1 amide bonds. The van der Waals surface area contributed by atoms with Crippen LogP contribution in [0.5, 0.6) is 0 Å². The van der Waals surface area contributed by atoms with Gasteiger partial charge in [-0.2, -0.15) is 0 Å². The van der Waals surface area contributed by atoms with Crippen molar-refractivity contribution in [2.45, 2.75) is 13.0 Å². The van der Waals surface area contributed by atoms with Crippen molar-refractivity contribution in [1.82, 2.24) is 5.32 Å². The number of hydrogen-bond acceptors (Lipinski definition) is 2. The van der Waals surface area contributed by atoms with Crippen molar-refractivity contribution in [2.75, 3.05) is 6.54 Å². The Morgan fingerprint density at radius 2 is 2.07 bits per heavy atom. The van der Waals surface area contributed by atoms with E-state index in [4.69, 9.17) is 4.74 Å². The molecule has 75 valence electrons. The number of nitrogens with one attached hydrogen (secondary N) is 1. The van der Waals surface area contributed by atoms with Gasteiger partial charge in [0.25, 0.3) is 0 Å². The topological polar surface area (TPSA) is 38.3 Å². The molecule has 1 radical (unpaired) electrons. The molecule has 0 spiro atoms. The lowest BCUT2D eigenvalue weighted by molar-refractivity contribution is 0.140. The molecule has 0 atom stereocenters. The Morgan fingerprint density at radius 1 is 1.36 bits per heavy atom. The van der Waals surface area contributed by atoms with E-state index in [9.17, 15) is 4.79 Å². The number of ether oxygens (including phenoxy) is 1. The van der Waals surface area contributed by atoms with Crippen molar-refractivity contribution in [3.63, 3.8) is 0 Å². The normalized spacial score (nSPS) is 9.50. The predicted octanol–water partition coefficient (Wildman–Crippen LogP) is 2.14. The molecule has 0 aliphatic rings. The summed E-state index contributed by atoms with van der Waals surface area (Å²) in [6, 6.07) is 9.56. The van der Waals surface area contributed by atoms with Crippen LogP contribution in [-0.2, 0) is 11.3 Å². The Balaban J connectivity index is 2.24. The largest absolute Gasteiger partial charge is 0.445 e. The van der Waals surface area contributed by atoms with Crippen LogP contribution in [0.15, 0.2) is 30.3 Å². The summed E-state index contributed by atoms with van der Waals surface area (Å²) in [5.74, 6) is 0. The third-order valence-electron chi connectivity index (χ3n) is 1.66. The minimum absolute atomic E-state index is 0.309. The fourth-order valence-electron chi connectivity index (χ4n) is 0.965. The lowest BCUT2D eigenvalue weighted by Crippen LogP contribution is -2.24. The maximum atomic E-state index is 11.0. The zero-order chi connectivity index (χ0) is 10.2. The summed E-state index contributed by atoms with van der Waals surface area (Å²) in [5, 5.41) is 2.58. The fourth-order valence-corrected chi connectivity index (χ4v) is 0.965. The highest BCUT2D eigenvalue weighted by atomic mass is 16.5. The number of hydrogen-bond donors (Lipinski definition) is 1. The van der Waals surface area contributed by atoms with E-state index in [1.807, 2.05) is 30.3 Å². The van der Waals surface area contributed by atoms with E-state index in [0.717, 1.165) is 5.56 Å². The van der Waals surface area contributed by atoms with Crippen molar-refractivity contribution in [1.29, 1.82) is 0 Å². The summed E-state index contributed by atoms with van der Waals surface area (Å²) >= 11 is 0. The van der Waals surface area contributed by atoms with Gasteiger partial charge in [-0.05, 0) is 12.0 Å². The van der Waals surface area contributed by atoms with Gasteiger partial charge in [0.2, 0.25) is 0 Å². The Kier molecular flexibility index (Phi) is 4.55. The Hall–Kier alpha value is -1.51. The summed E-state index contributed by atoms with van der Waals surface area (Å²) < 4.78 is 4.95. The first-order chi connectivity index (χ1) is 6.83. The molecule has 0 aromatic heterocycles. The first-order valence-electron chi connectivity index (χ1n) is 4.56. The van der Waals surface area contributed by atoms with Crippen LogP contribution in [0.2, 0.25) is 0 Å². The molecule has 0 aliphatic heterocycles. The highest BCUT2D eigenvalue weighted by molar-refractivity contribution is 5.67. The van der Waals surface area contributed by atoms with Gasteiger partial charge in [-0.3, -0.25) is 0 Å².